The zero-order valence-electron chi connectivity index (χ0n) is 6.42. The second-order valence-electron chi connectivity index (χ2n) is 3.11. The number of carbonyl (C=O) groups excluding carboxylic acids is 1. The molecule has 1 atom stereocenters. The molecule has 0 aromatic heterocycles. The number of likely N-dealkylation sites (tertiary alicyclic amines) is 1. The van der Waals surface area contributed by atoms with Gasteiger partial charge in [-0.3, -0.25) is 4.79 Å². The summed E-state index contributed by atoms with van der Waals surface area (Å²) in [5.41, 5.74) is -0.295. The van der Waals surface area contributed by atoms with Crippen LogP contribution in [0.15, 0.2) is 0 Å². The van der Waals surface area contributed by atoms with Crippen molar-refractivity contribution in [1.82, 2.24) is 4.90 Å². The maximum atomic E-state index is 11.0. The predicted octanol–water partition coefficient (Wildman–Crippen LogP) is -0.0104. The van der Waals surface area contributed by atoms with Crippen LogP contribution in [0.2, 0.25) is 0 Å². The van der Waals surface area contributed by atoms with Gasteiger partial charge in [0.1, 0.15) is 0 Å². The molecule has 0 radical (unpaired) electrons. The van der Waals surface area contributed by atoms with E-state index in [2.05, 4.69) is 0 Å². The molecule has 1 fully saturated rings. The Morgan fingerprint density at radius 2 is 2.40 bits per heavy atom. The molecule has 1 saturated heterocycles. The number of hydrogen-bond acceptors (Lipinski definition) is 2. The summed E-state index contributed by atoms with van der Waals surface area (Å²) in [7, 11) is 1.74. The molecule has 58 valence electrons. The Morgan fingerprint density at radius 3 is 2.60 bits per heavy atom. The van der Waals surface area contributed by atoms with Gasteiger partial charge < -0.3 is 10.0 Å². The summed E-state index contributed by atoms with van der Waals surface area (Å²) in [5, 5.41) is 8.92. The van der Waals surface area contributed by atoms with E-state index in [0.717, 1.165) is 6.42 Å². The van der Waals surface area contributed by atoms with E-state index in [4.69, 9.17) is 5.11 Å². The summed E-state index contributed by atoms with van der Waals surface area (Å²) in [6, 6.07) is 0. The molecule has 1 rings (SSSR count). The van der Waals surface area contributed by atoms with Crippen molar-refractivity contribution in [2.75, 3.05) is 13.7 Å². The van der Waals surface area contributed by atoms with Crippen molar-refractivity contribution in [2.24, 2.45) is 0 Å². The highest BCUT2D eigenvalue weighted by Crippen LogP contribution is 2.27. The molecule has 0 aromatic rings. The number of rotatable bonds is 1. The highest BCUT2D eigenvalue weighted by Gasteiger charge is 2.37. The summed E-state index contributed by atoms with van der Waals surface area (Å²) in [6.45, 7) is 1.97. The van der Waals surface area contributed by atoms with Gasteiger partial charge in [-0.2, -0.15) is 0 Å². The Kier molecular flexibility index (Phi) is 1.68. The van der Waals surface area contributed by atoms with Gasteiger partial charge in [0.2, 0.25) is 5.91 Å². The van der Waals surface area contributed by atoms with E-state index in [9.17, 15) is 4.79 Å². The quantitative estimate of drug-likeness (QED) is 0.561. The fourth-order valence-corrected chi connectivity index (χ4v) is 1.20. The predicted molar refractivity (Wildman–Crippen MR) is 37.5 cm³/mol. The smallest absolute Gasteiger partial charge is 0.222 e. The average Bonchev–Trinajstić information content (AvgIpc) is 2.19. The van der Waals surface area contributed by atoms with E-state index in [1.54, 1.807) is 11.9 Å². The summed E-state index contributed by atoms with van der Waals surface area (Å²) >= 11 is 0. The van der Waals surface area contributed by atoms with E-state index in [1.807, 2.05) is 6.92 Å². The van der Waals surface area contributed by atoms with Crippen molar-refractivity contribution >= 4 is 5.91 Å². The Balaban J connectivity index is 2.73. The molecule has 1 amide bonds. The second-order valence-corrected chi connectivity index (χ2v) is 3.11. The normalized spacial score (nSPS) is 33.5. The molecule has 0 bridgehead atoms. The number of likely N-dealkylation sites (N-methyl/N-ethyl adjacent to an activating group) is 1. The lowest BCUT2D eigenvalue weighted by atomic mass is 10.0. The Morgan fingerprint density at radius 1 is 1.80 bits per heavy atom. The van der Waals surface area contributed by atoms with E-state index < -0.39 is 0 Å². The number of nitrogens with zero attached hydrogens (tertiary/aromatic N) is 1. The fourth-order valence-electron chi connectivity index (χ4n) is 1.20. The molecule has 1 unspecified atom stereocenters. The topological polar surface area (TPSA) is 40.5 Å². The van der Waals surface area contributed by atoms with E-state index in [1.165, 1.54) is 0 Å². The molecule has 1 N–H and O–H groups in total. The molecule has 3 heteroatoms. The Hall–Kier alpha value is -0.570. The van der Waals surface area contributed by atoms with Crippen molar-refractivity contribution in [3.8, 4) is 0 Å². The van der Waals surface area contributed by atoms with Gasteiger partial charge in [-0.05, 0) is 13.3 Å². The van der Waals surface area contributed by atoms with Gasteiger partial charge in [0.05, 0.1) is 12.1 Å². The van der Waals surface area contributed by atoms with Gasteiger partial charge in [0.25, 0.3) is 0 Å². The lowest BCUT2D eigenvalue weighted by Gasteiger charge is -2.29. The third-order valence-corrected chi connectivity index (χ3v) is 2.40. The van der Waals surface area contributed by atoms with Crippen molar-refractivity contribution in [3.63, 3.8) is 0 Å². The number of amides is 1. The van der Waals surface area contributed by atoms with Crippen molar-refractivity contribution in [1.29, 1.82) is 0 Å². The maximum absolute atomic E-state index is 11.0. The summed E-state index contributed by atoms with van der Waals surface area (Å²) in [6.07, 6.45) is 1.35. The van der Waals surface area contributed by atoms with Crippen LogP contribution in [0, 0.1) is 0 Å². The number of aliphatic hydroxyl groups is 1. The van der Waals surface area contributed by atoms with E-state index in [0.29, 0.717) is 6.42 Å². The van der Waals surface area contributed by atoms with Crippen molar-refractivity contribution in [2.45, 2.75) is 25.3 Å². The monoisotopic (exact) mass is 143 g/mol. The van der Waals surface area contributed by atoms with Gasteiger partial charge in [0, 0.05) is 13.5 Å². The van der Waals surface area contributed by atoms with E-state index >= 15 is 0 Å². The molecule has 0 aliphatic carbocycles. The average molecular weight is 143 g/mol. The van der Waals surface area contributed by atoms with E-state index in [-0.39, 0.29) is 18.1 Å². The standard InChI is InChI=1S/C7H13NO2/c1-7(5-9)4-3-6(10)8(7)2/h9H,3-5H2,1-2H3. The Labute approximate surface area is 60.6 Å². The van der Waals surface area contributed by atoms with Crippen molar-refractivity contribution < 1.29 is 9.90 Å². The van der Waals surface area contributed by atoms with Gasteiger partial charge >= 0.3 is 0 Å². The van der Waals surface area contributed by atoms with Crippen molar-refractivity contribution in [3.05, 3.63) is 0 Å². The highest BCUT2D eigenvalue weighted by atomic mass is 16.3. The second kappa shape index (κ2) is 2.23. The van der Waals surface area contributed by atoms with Crippen LogP contribution in [0.4, 0.5) is 0 Å². The molecule has 1 aliphatic heterocycles. The van der Waals surface area contributed by atoms with Crippen LogP contribution in [0.5, 0.6) is 0 Å². The van der Waals surface area contributed by atoms with Crippen LogP contribution < -0.4 is 0 Å². The Bertz CT molecular complexity index is 158. The molecule has 0 spiro atoms. The molecular weight excluding hydrogens is 130 g/mol. The molecule has 1 aliphatic rings. The van der Waals surface area contributed by atoms with Crippen LogP contribution >= 0.6 is 0 Å². The SMILES string of the molecule is CN1C(=O)CCC1(C)CO. The summed E-state index contributed by atoms with van der Waals surface area (Å²) in [5.74, 6) is 0.136. The lowest BCUT2D eigenvalue weighted by Crippen LogP contribution is -2.43. The van der Waals surface area contributed by atoms with Crippen LogP contribution in [0.1, 0.15) is 19.8 Å². The molecule has 1 heterocycles. The summed E-state index contributed by atoms with van der Waals surface area (Å²) < 4.78 is 0. The summed E-state index contributed by atoms with van der Waals surface area (Å²) in [4.78, 5) is 12.6. The van der Waals surface area contributed by atoms with Crippen LogP contribution in [0.25, 0.3) is 0 Å². The zero-order valence-corrected chi connectivity index (χ0v) is 6.42. The first-order chi connectivity index (χ1) is 4.60. The van der Waals surface area contributed by atoms with Crippen LogP contribution in [0.3, 0.4) is 0 Å². The minimum Gasteiger partial charge on any atom is -0.394 e. The molecule has 0 saturated carbocycles. The number of hydrogen-bond donors (Lipinski definition) is 1. The van der Waals surface area contributed by atoms with Crippen LogP contribution in [-0.2, 0) is 4.79 Å². The minimum absolute atomic E-state index is 0.0647. The fraction of sp³-hybridized carbons (Fsp3) is 0.857. The van der Waals surface area contributed by atoms with Gasteiger partial charge in [-0.15, -0.1) is 0 Å². The molecule has 10 heavy (non-hydrogen) atoms. The molecular formula is C7H13NO2. The third-order valence-electron chi connectivity index (χ3n) is 2.40. The first kappa shape index (κ1) is 7.54. The minimum atomic E-state index is -0.295. The highest BCUT2D eigenvalue weighted by molar-refractivity contribution is 5.79. The molecule has 0 aromatic carbocycles. The van der Waals surface area contributed by atoms with Gasteiger partial charge in [-0.25, -0.2) is 0 Å². The zero-order chi connectivity index (χ0) is 7.78. The largest absolute Gasteiger partial charge is 0.394 e. The number of carbonyl (C=O) groups is 1. The van der Waals surface area contributed by atoms with Crippen LogP contribution in [-0.4, -0.2) is 35.1 Å². The number of aliphatic hydroxyl groups excluding tert-OH is 1. The first-order valence-electron chi connectivity index (χ1n) is 3.48. The third kappa shape index (κ3) is 0.904. The first-order valence-corrected chi connectivity index (χ1v) is 3.48. The van der Waals surface area contributed by atoms with Gasteiger partial charge in [-0.1, -0.05) is 0 Å². The molecule has 3 nitrogen and oxygen atoms in total. The maximum Gasteiger partial charge on any atom is 0.222 e. The lowest BCUT2D eigenvalue weighted by molar-refractivity contribution is -0.130. The van der Waals surface area contributed by atoms with Gasteiger partial charge in [0.15, 0.2) is 0 Å².